The van der Waals surface area contributed by atoms with Gasteiger partial charge in [0.2, 0.25) is 0 Å². The lowest BCUT2D eigenvalue weighted by Gasteiger charge is -2.18. The van der Waals surface area contributed by atoms with E-state index in [1.807, 2.05) is 6.92 Å². The van der Waals surface area contributed by atoms with Gasteiger partial charge in [-0.3, -0.25) is 4.79 Å². The molecule has 2 N–H and O–H groups in total. The quantitative estimate of drug-likeness (QED) is 0.802. The van der Waals surface area contributed by atoms with Crippen molar-refractivity contribution in [3.63, 3.8) is 0 Å². The first-order valence-corrected chi connectivity index (χ1v) is 6.40. The van der Waals surface area contributed by atoms with Gasteiger partial charge in [0.15, 0.2) is 17.7 Å². The maximum absolute atomic E-state index is 13.4. The number of para-hydroxylation sites is 1. The van der Waals surface area contributed by atoms with Crippen LogP contribution in [0.15, 0.2) is 24.3 Å². The number of aliphatic carboxylic acids is 1. The van der Waals surface area contributed by atoms with Crippen LogP contribution < -0.4 is 10.1 Å². The highest BCUT2D eigenvalue weighted by Gasteiger charge is 2.23. The molecule has 0 aromatic heterocycles. The van der Waals surface area contributed by atoms with Gasteiger partial charge in [-0.2, -0.15) is 0 Å². The van der Waals surface area contributed by atoms with E-state index in [9.17, 15) is 14.0 Å². The van der Waals surface area contributed by atoms with E-state index in [0.717, 1.165) is 0 Å². The van der Waals surface area contributed by atoms with Gasteiger partial charge in [0.25, 0.3) is 5.91 Å². The van der Waals surface area contributed by atoms with Gasteiger partial charge in [-0.15, -0.1) is 0 Å². The smallest absolute Gasteiger partial charge is 0.326 e. The van der Waals surface area contributed by atoms with Gasteiger partial charge in [-0.25, -0.2) is 9.18 Å². The highest BCUT2D eigenvalue weighted by molar-refractivity contribution is 5.86. The summed E-state index contributed by atoms with van der Waals surface area (Å²) in [7, 11) is 0. The molecule has 0 aliphatic heterocycles. The van der Waals surface area contributed by atoms with Gasteiger partial charge in [0, 0.05) is 0 Å². The number of hydrogen-bond donors (Lipinski definition) is 2. The first-order chi connectivity index (χ1) is 9.45. The van der Waals surface area contributed by atoms with Crippen LogP contribution in [-0.2, 0) is 9.59 Å². The molecule has 0 heterocycles. The van der Waals surface area contributed by atoms with Crippen LogP contribution in [0.4, 0.5) is 4.39 Å². The van der Waals surface area contributed by atoms with Crippen molar-refractivity contribution in [1.29, 1.82) is 0 Å². The van der Waals surface area contributed by atoms with Gasteiger partial charge in [-0.05, 0) is 25.5 Å². The number of hydrogen-bond acceptors (Lipinski definition) is 3. The number of nitrogens with one attached hydrogen (secondary N) is 1. The second kappa shape index (κ2) is 7.47. The Morgan fingerprint density at radius 3 is 2.60 bits per heavy atom. The summed E-state index contributed by atoms with van der Waals surface area (Å²) in [5.74, 6) is -2.31. The van der Waals surface area contributed by atoms with Crippen molar-refractivity contribution in [1.82, 2.24) is 5.32 Å². The van der Waals surface area contributed by atoms with E-state index in [1.165, 1.54) is 25.1 Å². The standard InChI is InChI=1S/C14H18FNO4/c1-3-6-11(14(18)19)16-13(17)9(2)20-12-8-5-4-7-10(12)15/h4-5,7-9,11H,3,6H2,1-2H3,(H,16,17)(H,18,19)/t9?,11-/m1/s1. The van der Waals surface area contributed by atoms with Gasteiger partial charge < -0.3 is 15.2 Å². The van der Waals surface area contributed by atoms with Crippen LogP contribution in [0.2, 0.25) is 0 Å². The minimum absolute atomic E-state index is 0.0440. The maximum Gasteiger partial charge on any atom is 0.326 e. The number of carboxylic acids is 1. The van der Waals surface area contributed by atoms with Gasteiger partial charge in [0.1, 0.15) is 6.04 Å². The highest BCUT2D eigenvalue weighted by Crippen LogP contribution is 2.17. The lowest BCUT2D eigenvalue weighted by atomic mass is 10.1. The third-order valence-corrected chi connectivity index (χ3v) is 2.70. The summed E-state index contributed by atoms with van der Waals surface area (Å²) in [5.41, 5.74) is 0. The van der Waals surface area contributed by atoms with E-state index in [2.05, 4.69) is 5.32 Å². The average Bonchev–Trinajstić information content (AvgIpc) is 2.40. The molecule has 1 amide bonds. The van der Waals surface area contributed by atoms with Gasteiger partial charge in [0.05, 0.1) is 0 Å². The molecular weight excluding hydrogens is 265 g/mol. The van der Waals surface area contributed by atoms with Crippen molar-refractivity contribution < 1.29 is 23.8 Å². The molecule has 0 saturated carbocycles. The van der Waals surface area contributed by atoms with Gasteiger partial charge in [-0.1, -0.05) is 25.5 Å². The summed E-state index contributed by atoms with van der Waals surface area (Å²) in [6.45, 7) is 3.26. The Morgan fingerprint density at radius 1 is 1.40 bits per heavy atom. The Morgan fingerprint density at radius 2 is 2.05 bits per heavy atom. The molecule has 1 aromatic rings. The molecule has 0 spiro atoms. The Labute approximate surface area is 116 Å². The normalized spacial score (nSPS) is 13.3. The molecule has 1 aromatic carbocycles. The predicted octanol–water partition coefficient (Wildman–Crippen LogP) is 1.96. The van der Waals surface area contributed by atoms with E-state index in [4.69, 9.17) is 9.84 Å². The third kappa shape index (κ3) is 4.53. The zero-order valence-electron chi connectivity index (χ0n) is 11.4. The maximum atomic E-state index is 13.4. The lowest BCUT2D eigenvalue weighted by molar-refractivity contribution is -0.143. The molecule has 0 bridgehead atoms. The molecule has 1 unspecified atom stereocenters. The van der Waals surface area contributed by atoms with Crippen LogP contribution in [0.5, 0.6) is 5.75 Å². The lowest BCUT2D eigenvalue weighted by Crippen LogP contribution is -2.46. The molecular formula is C14H18FNO4. The fourth-order valence-corrected chi connectivity index (χ4v) is 1.62. The summed E-state index contributed by atoms with van der Waals surface area (Å²) in [6, 6.07) is 4.75. The van der Waals surface area contributed by atoms with Crippen molar-refractivity contribution >= 4 is 11.9 Å². The first-order valence-electron chi connectivity index (χ1n) is 6.40. The third-order valence-electron chi connectivity index (χ3n) is 2.70. The van der Waals surface area contributed by atoms with E-state index >= 15 is 0 Å². The molecule has 6 heteroatoms. The molecule has 1 rings (SSSR count). The second-order valence-electron chi connectivity index (χ2n) is 4.38. The number of ether oxygens (including phenoxy) is 1. The molecule has 0 aliphatic rings. The molecule has 5 nitrogen and oxygen atoms in total. The average molecular weight is 283 g/mol. The van der Waals surface area contributed by atoms with Crippen LogP contribution in [-0.4, -0.2) is 29.1 Å². The topological polar surface area (TPSA) is 75.6 Å². The van der Waals surface area contributed by atoms with Crippen LogP contribution in [0.1, 0.15) is 26.7 Å². The molecule has 0 aliphatic carbocycles. The summed E-state index contributed by atoms with van der Waals surface area (Å²) >= 11 is 0. The van der Waals surface area contributed by atoms with E-state index in [-0.39, 0.29) is 5.75 Å². The van der Waals surface area contributed by atoms with E-state index in [1.54, 1.807) is 6.07 Å². The second-order valence-corrected chi connectivity index (χ2v) is 4.38. The molecule has 110 valence electrons. The predicted molar refractivity (Wildman–Crippen MR) is 71.0 cm³/mol. The molecule has 0 fully saturated rings. The Balaban J connectivity index is 2.63. The fourth-order valence-electron chi connectivity index (χ4n) is 1.62. The Kier molecular flexibility index (Phi) is 5.96. The number of rotatable bonds is 7. The highest BCUT2D eigenvalue weighted by atomic mass is 19.1. The molecule has 0 radical (unpaired) electrons. The molecule has 2 atom stereocenters. The Hall–Kier alpha value is -2.11. The summed E-state index contributed by atoms with van der Waals surface area (Å²) in [4.78, 5) is 22.8. The summed E-state index contributed by atoms with van der Waals surface area (Å²) in [6.07, 6.45) is -0.0292. The van der Waals surface area contributed by atoms with Crippen LogP contribution in [0.3, 0.4) is 0 Å². The number of halogens is 1. The van der Waals surface area contributed by atoms with Crippen molar-refractivity contribution in [3.05, 3.63) is 30.1 Å². The monoisotopic (exact) mass is 283 g/mol. The van der Waals surface area contributed by atoms with Crippen molar-refractivity contribution in [2.24, 2.45) is 0 Å². The minimum atomic E-state index is -1.10. The Bertz CT molecular complexity index is 478. The SMILES string of the molecule is CCC[C@@H](NC(=O)C(C)Oc1ccccc1F)C(=O)O. The van der Waals surface area contributed by atoms with Crippen molar-refractivity contribution in [3.8, 4) is 5.75 Å². The summed E-state index contributed by atoms with van der Waals surface area (Å²) < 4.78 is 18.6. The number of carbonyl (C=O) groups is 2. The zero-order chi connectivity index (χ0) is 15.1. The largest absolute Gasteiger partial charge is 0.480 e. The van der Waals surface area contributed by atoms with Crippen LogP contribution >= 0.6 is 0 Å². The number of carbonyl (C=O) groups excluding carboxylic acids is 1. The van der Waals surface area contributed by atoms with Crippen molar-refractivity contribution in [2.75, 3.05) is 0 Å². The van der Waals surface area contributed by atoms with Crippen LogP contribution in [0, 0.1) is 5.82 Å². The number of carboxylic acid groups (broad SMARTS) is 1. The zero-order valence-corrected chi connectivity index (χ0v) is 11.4. The molecule has 0 saturated heterocycles. The number of amides is 1. The van der Waals surface area contributed by atoms with E-state index < -0.39 is 29.8 Å². The van der Waals surface area contributed by atoms with E-state index in [0.29, 0.717) is 12.8 Å². The fraction of sp³-hybridized carbons (Fsp3) is 0.429. The van der Waals surface area contributed by atoms with Crippen molar-refractivity contribution in [2.45, 2.75) is 38.8 Å². The summed E-state index contributed by atoms with van der Waals surface area (Å²) in [5, 5.41) is 11.3. The number of benzene rings is 1. The van der Waals surface area contributed by atoms with Gasteiger partial charge >= 0.3 is 5.97 Å². The van der Waals surface area contributed by atoms with Crippen LogP contribution in [0.25, 0.3) is 0 Å². The minimum Gasteiger partial charge on any atom is -0.480 e. The first kappa shape index (κ1) is 15.9. The molecule has 20 heavy (non-hydrogen) atoms.